The van der Waals surface area contributed by atoms with Crippen LogP contribution in [0, 0.1) is 20.8 Å². The summed E-state index contributed by atoms with van der Waals surface area (Å²) in [6.07, 6.45) is -0.188. The molecule has 1 atom stereocenters. The summed E-state index contributed by atoms with van der Waals surface area (Å²) in [6.45, 7) is 8.42. The summed E-state index contributed by atoms with van der Waals surface area (Å²) in [7, 11) is 4.10. The predicted molar refractivity (Wildman–Crippen MR) is 136 cm³/mol. The molecule has 10 heteroatoms. The molecule has 0 aliphatic heterocycles. The van der Waals surface area contributed by atoms with Crippen molar-refractivity contribution in [2.75, 3.05) is 33.9 Å². The molecular weight excluding hydrogens is 468 g/mol. The highest BCUT2D eigenvalue weighted by Gasteiger charge is 2.20. The Hall–Kier alpha value is -2.79. The van der Waals surface area contributed by atoms with Crippen molar-refractivity contribution in [3.8, 4) is 27.9 Å². The van der Waals surface area contributed by atoms with Gasteiger partial charge in [0.2, 0.25) is 11.7 Å². The molecule has 0 saturated heterocycles. The third-order valence-electron chi connectivity index (χ3n) is 5.72. The van der Waals surface area contributed by atoms with Gasteiger partial charge in [-0.2, -0.15) is 4.98 Å². The molecule has 0 unspecified atom stereocenters. The minimum Gasteiger partial charge on any atom is -0.490 e. The van der Waals surface area contributed by atoms with E-state index in [4.69, 9.17) is 19.4 Å². The number of benzene rings is 1. The van der Waals surface area contributed by atoms with Crippen molar-refractivity contribution < 1.29 is 24.3 Å². The first-order valence-corrected chi connectivity index (χ1v) is 12.4. The van der Waals surface area contributed by atoms with E-state index in [1.807, 2.05) is 26.0 Å². The number of aryl methyl sites for hydroxylation is 2. The van der Waals surface area contributed by atoms with E-state index >= 15 is 0 Å². The molecule has 3 rings (SSSR count). The molecule has 9 nitrogen and oxygen atoms in total. The van der Waals surface area contributed by atoms with Gasteiger partial charge in [0.1, 0.15) is 25.1 Å². The highest BCUT2D eigenvalue weighted by molar-refractivity contribution is 7.15. The molecule has 0 radical (unpaired) electrons. The zero-order chi connectivity index (χ0) is 25.7. The summed E-state index contributed by atoms with van der Waals surface area (Å²) in [5.41, 5.74) is 5.08. The van der Waals surface area contributed by atoms with Crippen molar-refractivity contribution in [3.05, 3.63) is 39.3 Å². The summed E-state index contributed by atoms with van der Waals surface area (Å²) in [5, 5.41) is 25.5. The van der Waals surface area contributed by atoms with Gasteiger partial charge in [-0.1, -0.05) is 12.1 Å². The van der Waals surface area contributed by atoms with Gasteiger partial charge in [0.05, 0.1) is 4.88 Å². The van der Waals surface area contributed by atoms with Gasteiger partial charge in [-0.25, -0.2) is 0 Å². The molecule has 1 aromatic carbocycles. The normalized spacial score (nSPS) is 12.3. The quantitative estimate of drug-likeness (QED) is 0.366. The standard InChI is InChI=1S/C25H34N4O5S/c1-7-17-9-18(8-14(2)22(17)33-13-19(31)10-26-21(32)12-30)24-27-25(34-28-24)23-16(4)15(3)20(35-23)11-29(5)6/h8-9,19,30-31H,7,10-13H2,1-6H3,(H,26,32)/t19-/m0/s1. The Morgan fingerprint density at radius 3 is 2.66 bits per heavy atom. The SMILES string of the molecule is CCc1cc(-c2noc(-c3sc(CN(C)C)c(C)c3C)n2)cc(C)c1OC[C@@H](O)CNC(=O)CO. The van der Waals surface area contributed by atoms with Gasteiger partial charge in [0.25, 0.3) is 5.89 Å². The summed E-state index contributed by atoms with van der Waals surface area (Å²) in [5.74, 6) is 1.17. The van der Waals surface area contributed by atoms with E-state index in [9.17, 15) is 9.90 Å². The molecule has 0 saturated carbocycles. The lowest BCUT2D eigenvalue weighted by atomic mass is 10.0. The third-order valence-corrected chi connectivity index (χ3v) is 7.08. The maximum atomic E-state index is 11.2. The molecule has 0 spiro atoms. The van der Waals surface area contributed by atoms with Crippen LogP contribution in [0.3, 0.4) is 0 Å². The van der Waals surface area contributed by atoms with Crippen LogP contribution in [0.15, 0.2) is 16.7 Å². The smallest absolute Gasteiger partial charge is 0.268 e. The van der Waals surface area contributed by atoms with Gasteiger partial charge in [0, 0.05) is 23.5 Å². The molecule has 0 aliphatic carbocycles. The molecule has 2 heterocycles. The summed E-state index contributed by atoms with van der Waals surface area (Å²) >= 11 is 1.68. The van der Waals surface area contributed by atoms with Crippen LogP contribution < -0.4 is 10.1 Å². The number of nitrogens with one attached hydrogen (secondary N) is 1. The van der Waals surface area contributed by atoms with Gasteiger partial charge in [-0.3, -0.25) is 4.79 Å². The first-order chi connectivity index (χ1) is 16.6. The van der Waals surface area contributed by atoms with E-state index in [0.29, 0.717) is 23.9 Å². The second kappa shape index (κ2) is 11.8. The average molecular weight is 503 g/mol. The molecular formula is C25H34N4O5S. The van der Waals surface area contributed by atoms with Crippen LogP contribution in [0.2, 0.25) is 0 Å². The maximum absolute atomic E-state index is 11.2. The van der Waals surface area contributed by atoms with Gasteiger partial charge in [-0.15, -0.1) is 11.3 Å². The van der Waals surface area contributed by atoms with Crippen molar-refractivity contribution in [3.63, 3.8) is 0 Å². The third kappa shape index (κ3) is 6.46. The summed E-state index contributed by atoms with van der Waals surface area (Å²) in [4.78, 5) is 20.3. The Morgan fingerprint density at radius 1 is 1.26 bits per heavy atom. The molecule has 190 valence electrons. The maximum Gasteiger partial charge on any atom is 0.268 e. The molecule has 35 heavy (non-hydrogen) atoms. The fourth-order valence-electron chi connectivity index (χ4n) is 3.70. The predicted octanol–water partition coefficient (Wildman–Crippen LogP) is 2.86. The fraction of sp³-hybridized carbons (Fsp3) is 0.480. The molecule has 3 N–H and O–H groups in total. The van der Waals surface area contributed by atoms with Crippen LogP contribution in [0.5, 0.6) is 5.75 Å². The van der Waals surface area contributed by atoms with E-state index < -0.39 is 18.6 Å². The summed E-state index contributed by atoms with van der Waals surface area (Å²) in [6, 6.07) is 3.91. The second-order valence-corrected chi connectivity index (χ2v) is 9.93. The molecule has 2 aromatic heterocycles. The number of amides is 1. The lowest BCUT2D eigenvalue weighted by Gasteiger charge is -2.17. The first kappa shape index (κ1) is 26.8. The number of ether oxygens (including phenoxy) is 1. The Labute approximate surface area is 209 Å². The highest BCUT2D eigenvalue weighted by Crippen LogP contribution is 2.37. The Balaban J connectivity index is 1.80. The number of hydrogen-bond acceptors (Lipinski definition) is 9. The van der Waals surface area contributed by atoms with E-state index in [0.717, 1.165) is 33.7 Å². The molecule has 0 aliphatic rings. The lowest BCUT2D eigenvalue weighted by molar-refractivity contribution is -0.124. The minimum atomic E-state index is -0.899. The fourth-order valence-corrected chi connectivity index (χ4v) is 5.05. The van der Waals surface area contributed by atoms with Crippen molar-refractivity contribution >= 4 is 17.2 Å². The monoisotopic (exact) mass is 502 g/mol. The molecule has 0 bridgehead atoms. The molecule has 0 fully saturated rings. The zero-order valence-electron chi connectivity index (χ0n) is 21.1. The van der Waals surface area contributed by atoms with Crippen molar-refractivity contribution in [1.82, 2.24) is 20.4 Å². The van der Waals surface area contributed by atoms with Gasteiger partial charge >= 0.3 is 0 Å². The van der Waals surface area contributed by atoms with Crippen LogP contribution in [-0.4, -0.2) is 71.1 Å². The number of nitrogens with zero attached hydrogens (tertiary/aromatic N) is 3. The van der Waals surface area contributed by atoms with Gasteiger partial charge in [0.15, 0.2) is 0 Å². The number of carbonyl (C=O) groups excluding carboxylic acids is 1. The number of rotatable bonds is 11. The van der Waals surface area contributed by atoms with Crippen molar-refractivity contribution in [2.24, 2.45) is 0 Å². The Morgan fingerprint density at radius 2 is 2.00 bits per heavy atom. The number of aromatic nitrogens is 2. The number of aliphatic hydroxyl groups excluding tert-OH is 2. The topological polar surface area (TPSA) is 121 Å². The van der Waals surface area contributed by atoms with Crippen LogP contribution >= 0.6 is 11.3 Å². The Bertz CT molecular complexity index is 1170. The van der Waals surface area contributed by atoms with Gasteiger partial charge < -0.3 is 29.7 Å². The minimum absolute atomic E-state index is 0.00148. The lowest BCUT2D eigenvalue weighted by Crippen LogP contribution is -2.36. The van der Waals surface area contributed by atoms with Crippen LogP contribution in [-0.2, 0) is 17.8 Å². The summed E-state index contributed by atoms with van der Waals surface area (Å²) < 4.78 is 11.5. The van der Waals surface area contributed by atoms with Crippen LogP contribution in [0.4, 0.5) is 0 Å². The number of thiophene rings is 1. The second-order valence-electron chi connectivity index (χ2n) is 8.83. The molecule has 1 amide bonds. The van der Waals surface area contributed by atoms with E-state index in [2.05, 4.69) is 43.3 Å². The highest BCUT2D eigenvalue weighted by atomic mass is 32.1. The van der Waals surface area contributed by atoms with Crippen molar-refractivity contribution in [1.29, 1.82) is 0 Å². The number of aliphatic hydroxyl groups is 2. The first-order valence-electron chi connectivity index (χ1n) is 11.5. The largest absolute Gasteiger partial charge is 0.490 e. The number of hydrogen-bond donors (Lipinski definition) is 3. The van der Waals surface area contributed by atoms with Crippen LogP contribution in [0.1, 0.15) is 34.1 Å². The van der Waals surface area contributed by atoms with Crippen molar-refractivity contribution in [2.45, 2.75) is 46.8 Å². The van der Waals surface area contributed by atoms with E-state index in [1.165, 1.54) is 10.4 Å². The average Bonchev–Trinajstić information content (AvgIpc) is 3.41. The van der Waals surface area contributed by atoms with E-state index in [-0.39, 0.29) is 13.2 Å². The molecule has 3 aromatic rings. The van der Waals surface area contributed by atoms with Crippen LogP contribution in [0.25, 0.3) is 22.2 Å². The number of carbonyl (C=O) groups is 1. The van der Waals surface area contributed by atoms with Gasteiger partial charge in [-0.05, 0) is 75.7 Å². The zero-order valence-corrected chi connectivity index (χ0v) is 22.0. The Kier molecular flexibility index (Phi) is 9.01. The van der Waals surface area contributed by atoms with E-state index in [1.54, 1.807) is 11.3 Å².